The Morgan fingerprint density at radius 2 is 2.26 bits per heavy atom. The molecule has 0 spiro atoms. The summed E-state index contributed by atoms with van der Waals surface area (Å²) < 4.78 is 6.52. The van der Waals surface area contributed by atoms with E-state index in [0.717, 1.165) is 0 Å². The monoisotopic (exact) mass is 259 g/mol. The molecule has 1 N–H and O–H groups in total. The fourth-order valence-corrected chi connectivity index (χ4v) is 1.47. The van der Waals surface area contributed by atoms with Gasteiger partial charge in [0.1, 0.15) is 17.2 Å². The second-order valence-electron chi connectivity index (χ2n) is 4.86. The molecule has 0 atom stereocenters. The van der Waals surface area contributed by atoms with Crippen molar-refractivity contribution in [3.05, 3.63) is 24.0 Å². The molecule has 19 heavy (non-hydrogen) atoms. The van der Waals surface area contributed by atoms with E-state index in [2.05, 4.69) is 15.4 Å². The number of fused-ring (bicyclic) bond motifs is 1. The van der Waals surface area contributed by atoms with E-state index in [0.29, 0.717) is 5.65 Å². The van der Waals surface area contributed by atoms with E-state index in [1.54, 1.807) is 26.8 Å². The Morgan fingerprint density at radius 3 is 2.89 bits per heavy atom. The number of ether oxygens (including phenoxy) is 1. The van der Waals surface area contributed by atoms with E-state index in [-0.39, 0.29) is 11.4 Å². The molecule has 0 aliphatic carbocycles. The number of anilines is 1. The SMILES string of the molecule is CC(C)(C)OC(=O)Nc1c(C#N)cnc2ccnn12. The minimum absolute atomic E-state index is 0.210. The molecule has 0 fully saturated rings. The minimum atomic E-state index is -0.646. The molecule has 0 radical (unpaired) electrons. The molecule has 2 heterocycles. The van der Waals surface area contributed by atoms with Gasteiger partial charge < -0.3 is 4.74 Å². The van der Waals surface area contributed by atoms with Crippen molar-refractivity contribution < 1.29 is 9.53 Å². The lowest BCUT2D eigenvalue weighted by atomic mass is 10.2. The Hall–Kier alpha value is -2.62. The zero-order chi connectivity index (χ0) is 14.0. The van der Waals surface area contributed by atoms with Gasteiger partial charge in [0.2, 0.25) is 0 Å². The van der Waals surface area contributed by atoms with E-state index >= 15 is 0 Å². The maximum absolute atomic E-state index is 11.8. The van der Waals surface area contributed by atoms with Crippen LogP contribution in [0.2, 0.25) is 0 Å². The van der Waals surface area contributed by atoms with Crippen molar-refractivity contribution in [1.29, 1.82) is 5.26 Å². The first-order valence-corrected chi connectivity index (χ1v) is 5.63. The Labute approximate surface area is 109 Å². The Morgan fingerprint density at radius 1 is 1.53 bits per heavy atom. The quantitative estimate of drug-likeness (QED) is 0.844. The van der Waals surface area contributed by atoms with Gasteiger partial charge in [-0.05, 0) is 20.8 Å². The van der Waals surface area contributed by atoms with Gasteiger partial charge in [0, 0.05) is 6.07 Å². The van der Waals surface area contributed by atoms with Crippen LogP contribution in [0.3, 0.4) is 0 Å². The number of nitrogens with one attached hydrogen (secondary N) is 1. The second kappa shape index (κ2) is 4.57. The summed E-state index contributed by atoms with van der Waals surface area (Å²) in [5, 5.41) is 15.6. The number of aromatic nitrogens is 3. The summed E-state index contributed by atoms with van der Waals surface area (Å²) in [6, 6.07) is 3.62. The van der Waals surface area contributed by atoms with Crippen LogP contribution in [-0.2, 0) is 4.74 Å². The van der Waals surface area contributed by atoms with E-state index in [4.69, 9.17) is 10.00 Å². The average Bonchev–Trinajstić information content (AvgIpc) is 2.75. The summed E-state index contributed by atoms with van der Waals surface area (Å²) >= 11 is 0. The van der Waals surface area contributed by atoms with Gasteiger partial charge in [-0.3, -0.25) is 5.32 Å². The first-order chi connectivity index (χ1) is 8.90. The summed E-state index contributed by atoms with van der Waals surface area (Å²) in [6.07, 6.45) is 2.26. The fourth-order valence-electron chi connectivity index (χ4n) is 1.47. The number of carbonyl (C=O) groups excluding carboxylic acids is 1. The topological polar surface area (TPSA) is 92.3 Å². The molecule has 0 bridgehead atoms. The van der Waals surface area contributed by atoms with Crippen LogP contribution in [0.1, 0.15) is 26.3 Å². The second-order valence-corrected chi connectivity index (χ2v) is 4.86. The third-order valence-corrected chi connectivity index (χ3v) is 2.16. The van der Waals surface area contributed by atoms with Gasteiger partial charge in [-0.1, -0.05) is 0 Å². The summed E-state index contributed by atoms with van der Waals surface area (Å²) in [6.45, 7) is 5.27. The fraction of sp³-hybridized carbons (Fsp3) is 0.333. The van der Waals surface area contributed by atoms with Gasteiger partial charge in [-0.2, -0.15) is 14.9 Å². The third kappa shape index (κ3) is 2.80. The Kier molecular flexibility index (Phi) is 3.09. The number of hydrogen-bond acceptors (Lipinski definition) is 5. The number of nitriles is 1. The highest BCUT2D eigenvalue weighted by Crippen LogP contribution is 2.16. The van der Waals surface area contributed by atoms with Gasteiger partial charge in [-0.15, -0.1) is 0 Å². The van der Waals surface area contributed by atoms with E-state index in [1.165, 1.54) is 16.9 Å². The maximum atomic E-state index is 11.8. The van der Waals surface area contributed by atoms with Crippen LogP contribution in [-0.4, -0.2) is 26.3 Å². The molecule has 1 amide bonds. The van der Waals surface area contributed by atoms with E-state index < -0.39 is 11.7 Å². The highest BCUT2D eigenvalue weighted by atomic mass is 16.6. The number of rotatable bonds is 1. The van der Waals surface area contributed by atoms with Crippen molar-refractivity contribution >= 4 is 17.6 Å². The Balaban J connectivity index is 2.36. The lowest BCUT2D eigenvalue weighted by molar-refractivity contribution is 0.0635. The van der Waals surface area contributed by atoms with Crippen molar-refractivity contribution in [3.63, 3.8) is 0 Å². The average molecular weight is 259 g/mol. The normalized spacial score (nSPS) is 11.1. The lowest BCUT2D eigenvalue weighted by Crippen LogP contribution is -2.28. The van der Waals surface area contributed by atoms with Gasteiger partial charge in [0.25, 0.3) is 0 Å². The van der Waals surface area contributed by atoms with E-state index in [9.17, 15) is 4.79 Å². The van der Waals surface area contributed by atoms with Crippen LogP contribution in [0.15, 0.2) is 18.5 Å². The minimum Gasteiger partial charge on any atom is -0.444 e. The van der Waals surface area contributed by atoms with Crippen LogP contribution < -0.4 is 5.32 Å². The molecule has 0 saturated heterocycles. The number of hydrogen-bond donors (Lipinski definition) is 1. The predicted molar refractivity (Wildman–Crippen MR) is 67.6 cm³/mol. The zero-order valence-corrected chi connectivity index (χ0v) is 10.8. The molecule has 0 aromatic carbocycles. The molecule has 98 valence electrons. The molecule has 0 unspecified atom stereocenters. The number of nitrogens with zero attached hydrogens (tertiary/aromatic N) is 4. The van der Waals surface area contributed by atoms with Gasteiger partial charge in [0.15, 0.2) is 11.5 Å². The molecule has 7 heteroatoms. The molecule has 2 aromatic rings. The van der Waals surface area contributed by atoms with Crippen LogP contribution >= 0.6 is 0 Å². The summed E-state index contributed by atoms with van der Waals surface area (Å²) in [5.41, 5.74) is 0.125. The maximum Gasteiger partial charge on any atom is 0.413 e. The molecule has 2 aromatic heterocycles. The molecular weight excluding hydrogens is 246 g/mol. The zero-order valence-electron chi connectivity index (χ0n) is 10.8. The van der Waals surface area contributed by atoms with Crippen molar-refractivity contribution in [2.75, 3.05) is 5.32 Å². The van der Waals surface area contributed by atoms with Crippen LogP contribution in [0.4, 0.5) is 10.6 Å². The lowest BCUT2D eigenvalue weighted by Gasteiger charge is -2.20. The molecule has 0 aliphatic rings. The van der Waals surface area contributed by atoms with Gasteiger partial charge >= 0.3 is 6.09 Å². The summed E-state index contributed by atoms with van der Waals surface area (Å²) in [4.78, 5) is 15.8. The van der Waals surface area contributed by atoms with Crippen molar-refractivity contribution in [1.82, 2.24) is 14.6 Å². The largest absolute Gasteiger partial charge is 0.444 e. The molecular formula is C12H13N5O2. The molecule has 7 nitrogen and oxygen atoms in total. The van der Waals surface area contributed by atoms with Crippen LogP contribution in [0, 0.1) is 11.3 Å². The predicted octanol–water partition coefficient (Wildman–Crippen LogP) is 1.95. The summed E-state index contributed by atoms with van der Waals surface area (Å²) in [5.74, 6) is 0.242. The summed E-state index contributed by atoms with van der Waals surface area (Å²) in [7, 11) is 0. The molecule has 2 rings (SSSR count). The number of carbonyl (C=O) groups is 1. The van der Waals surface area contributed by atoms with Crippen LogP contribution in [0.5, 0.6) is 0 Å². The third-order valence-electron chi connectivity index (χ3n) is 2.16. The number of amides is 1. The van der Waals surface area contributed by atoms with Crippen molar-refractivity contribution in [2.45, 2.75) is 26.4 Å². The van der Waals surface area contributed by atoms with Crippen molar-refractivity contribution in [3.8, 4) is 6.07 Å². The van der Waals surface area contributed by atoms with Crippen LogP contribution in [0.25, 0.3) is 5.65 Å². The smallest absolute Gasteiger partial charge is 0.413 e. The Bertz CT molecular complexity index is 663. The highest BCUT2D eigenvalue weighted by molar-refractivity contribution is 5.85. The van der Waals surface area contributed by atoms with Crippen molar-refractivity contribution in [2.24, 2.45) is 0 Å². The highest BCUT2D eigenvalue weighted by Gasteiger charge is 2.19. The first kappa shape index (κ1) is 12.8. The standard InChI is InChI=1S/C12H13N5O2/c1-12(2,3)19-11(18)16-10-8(6-13)7-14-9-4-5-15-17(9)10/h4-5,7H,1-3H3,(H,16,18). The molecule has 0 saturated carbocycles. The van der Waals surface area contributed by atoms with E-state index in [1.807, 2.05) is 6.07 Å². The van der Waals surface area contributed by atoms with Gasteiger partial charge in [-0.25, -0.2) is 9.78 Å². The first-order valence-electron chi connectivity index (χ1n) is 5.63. The molecule has 0 aliphatic heterocycles. The van der Waals surface area contributed by atoms with Gasteiger partial charge in [0.05, 0.1) is 12.4 Å².